The molecule has 0 aliphatic carbocycles. The number of aromatic nitrogens is 1. The van der Waals surface area contributed by atoms with Gasteiger partial charge in [0.2, 0.25) is 0 Å². The van der Waals surface area contributed by atoms with E-state index in [-0.39, 0.29) is 22.2 Å². The van der Waals surface area contributed by atoms with Crippen LogP contribution in [0.1, 0.15) is 23.0 Å². The second kappa shape index (κ2) is 4.94. The van der Waals surface area contributed by atoms with E-state index < -0.39 is 5.97 Å². The molecule has 0 saturated carbocycles. The van der Waals surface area contributed by atoms with Gasteiger partial charge in [-0.2, -0.15) is 0 Å². The highest BCUT2D eigenvalue weighted by Crippen LogP contribution is 2.17. The van der Waals surface area contributed by atoms with Gasteiger partial charge in [-0.05, 0) is 48.0 Å². The summed E-state index contributed by atoms with van der Waals surface area (Å²) in [5.41, 5.74) is 1.49. The number of aryl methyl sites for hydroxylation is 1. The van der Waals surface area contributed by atoms with E-state index in [1.807, 2.05) is 19.1 Å². The lowest BCUT2D eigenvalue weighted by Crippen LogP contribution is -2.20. The van der Waals surface area contributed by atoms with Crippen molar-refractivity contribution in [3.8, 4) is 0 Å². The summed E-state index contributed by atoms with van der Waals surface area (Å²) in [7, 11) is 0. The molecule has 2 heterocycles. The van der Waals surface area contributed by atoms with Crippen LogP contribution in [0.25, 0.3) is 5.52 Å². The second-order valence-corrected chi connectivity index (χ2v) is 4.62. The Morgan fingerprint density at radius 2 is 2.17 bits per heavy atom. The van der Waals surface area contributed by atoms with E-state index in [4.69, 9.17) is 4.74 Å². The lowest BCUT2D eigenvalue weighted by molar-refractivity contribution is 0.0525. The van der Waals surface area contributed by atoms with Crippen LogP contribution in [0.4, 0.5) is 0 Å². The Bertz CT molecular complexity index is 676. The molecular weight excluding hydrogens is 298 g/mol. The van der Waals surface area contributed by atoms with Crippen molar-refractivity contribution in [3.63, 3.8) is 0 Å². The van der Waals surface area contributed by atoms with Crippen LogP contribution in [0.15, 0.2) is 33.5 Å². The predicted octanol–water partition coefficient (Wildman–Crippen LogP) is 2.55. The minimum atomic E-state index is -0.495. The maximum Gasteiger partial charge on any atom is 0.339 e. The summed E-state index contributed by atoms with van der Waals surface area (Å²) in [6.45, 7) is 3.84. The zero-order valence-electron chi connectivity index (χ0n) is 10.1. The first kappa shape index (κ1) is 12.8. The van der Waals surface area contributed by atoms with Crippen molar-refractivity contribution < 1.29 is 9.53 Å². The molecule has 2 aromatic heterocycles. The van der Waals surface area contributed by atoms with Gasteiger partial charge >= 0.3 is 5.97 Å². The summed E-state index contributed by atoms with van der Waals surface area (Å²) in [6.07, 6.45) is 0. The van der Waals surface area contributed by atoms with Gasteiger partial charge in [0.1, 0.15) is 0 Å². The molecule has 0 spiro atoms. The quantitative estimate of drug-likeness (QED) is 0.801. The van der Waals surface area contributed by atoms with Crippen molar-refractivity contribution in [2.24, 2.45) is 0 Å². The number of hydrogen-bond donors (Lipinski definition) is 0. The van der Waals surface area contributed by atoms with Gasteiger partial charge < -0.3 is 4.74 Å². The van der Waals surface area contributed by atoms with Crippen molar-refractivity contribution in [2.45, 2.75) is 13.8 Å². The zero-order chi connectivity index (χ0) is 13.3. The molecule has 0 radical (unpaired) electrons. The average molecular weight is 310 g/mol. The number of esters is 1. The molecule has 0 aromatic carbocycles. The van der Waals surface area contributed by atoms with E-state index >= 15 is 0 Å². The van der Waals surface area contributed by atoms with Gasteiger partial charge in [-0.3, -0.25) is 9.20 Å². The maximum absolute atomic E-state index is 12.2. The third-order valence-electron chi connectivity index (χ3n) is 2.63. The third-order valence-corrected chi connectivity index (χ3v) is 3.40. The van der Waals surface area contributed by atoms with E-state index in [2.05, 4.69) is 15.9 Å². The van der Waals surface area contributed by atoms with Crippen LogP contribution in [0.3, 0.4) is 0 Å². The fourth-order valence-corrected chi connectivity index (χ4v) is 2.26. The summed E-state index contributed by atoms with van der Waals surface area (Å²) in [6, 6.07) is 7.11. The van der Waals surface area contributed by atoms with Crippen molar-refractivity contribution in [3.05, 3.63) is 50.3 Å². The van der Waals surface area contributed by atoms with Crippen molar-refractivity contribution in [2.75, 3.05) is 6.61 Å². The molecule has 2 aromatic rings. The number of fused-ring (bicyclic) bond motifs is 1. The van der Waals surface area contributed by atoms with Gasteiger partial charge in [0.15, 0.2) is 0 Å². The van der Waals surface area contributed by atoms with Crippen LogP contribution in [0, 0.1) is 6.92 Å². The van der Waals surface area contributed by atoms with E-state index in [1.54, 1.807) is 23.5 Å². The largest absolute Gasteiger partial charge is 0.462 e. The van der Waals surface area contributed by atoms with Crippen LogP contribution in [0.2, 0.25) is 0 Å². The molecule has 0 unspecified atom stereocenters. The number of rotatable bonds is 2. The summed E-state index contributed by atoms with van der Waals surface area (Å²) in [5, 5.41) is 0. The Labute approximate surface area is 112 Å². The molecule has 94 valence electrons. The highest BCUT2D eigenvalue weighted by atomic mass is 79.9. The number of hydrogen-bond acceptors (Lipinski definition) is 3. The fraction of sp³-hybridized carbons (Fsp3) is 0.231. The monoisotopic (exact) mass is 309 g/mol. The van der Waals surface area contributed by atoms with Crippen LogP contribution < -0.4 is 5.56 Å². The molecule has 0 fully saturated rings. The first-order valence-electron chi connectivity index (χ1n) is 5.54. The van der Waals surface area contributed by atoms with Crippen LogP contribution in [-0.2, 0) is 4.74 Å². The van der Waals surface area contributed by atoms with E-state index in [1.165, 1.54) is 0 Å². The predicted molar refractivity (Wildman–Crippen MR) is 72.1 cm³/mol. The molecular formula is C13H12BrNO3. The summed E-state index contributed by atoms with van der Waals surface area (Å²) in [4.78, 5) is 23.9. The zero-order valence-corrected chi connectivity index (χ0v) is 11.7. The Kier molecular flexibility index (Phi) is 3.52. The molecule has 0 saturated heterocycles. The minimum Gasteiger partial charge on any atom is -0.462 e. The first-order chi connectivity index (χ1) is 8.56. The molecule has 0 aliphatic heterocycles. The Morgan fingerprint density at radius 1 is 1.44 bits per heavy atom. The minimum absolute atomic E-state index is 0.229. The highest BCUT2D eigenvalue weighted by molar-refractivity contribution is 9.10. The number of halogens is 1. The van der Waals surface area contributed by atoms with E-state index in [0.29, 0.717) is 5.52 Å². The van der Waals surface area contributed by atoms with E-state index in [0.717, 1.165) is 5.69 Å². The number of carbonyl (C=O) groups excluding carboxylic acids is 1. The molecule has 0 bridgehead atoms. The number of carbonyl (C=O) groups is 1. The number of pyridine rings is 2. The van der Waals surface area contributed by atoms with Crippen molar-refractivity contribution in [1.29, 1.82) is 0 Å². The lowest BCUT2D eigenvalue weighted by atomic mass is 10.2. The SMILES string of the molecule is CCOC(=O)c1cc2cccc(C)n2c(=O)c1Br. The fourth-order valence-electron chi connectivity index (χ4n) is 1.81. The Balaban J connectivity index is 2.76. The highest BCUT2D eigenvalue weighted by Gasteiger charge is 2.16. The average Bonchev–Trinajstić information content (AvgIpc) is 2.33. The maximum atomic E-state index is 12.2. The molecule has 0 amide bonds. The third kappa shape index (κ3) is 2.06. The molecule has 0 atom stereocenters. The van der Waals surface area contributed by atoms with Crippen molar-refractivity contribution in [1.82, 2.24) is 4.40 Å². The standard InChI is InChI=1S/C13H12BrNO3/c1-3-18-13(17)10-7-9-6-4-5-8(2)15(9)12(16)11(10)14/h4-7H,3H2,1-2H3. The number of ether oxygens (including phenoxy) is 1. The summed E-state index contributed by atoms with van der Waals surface area (Å²) in [5.74, 6) is -0.495. The van der Waals surface area contributed by atoms with Gasteiger partial charge in [0.25, 0.3) is 5.56 Å². The van der Waals surface area contributed by atoms with Crippen molar-refractivity contribution >= 4 is 27.4 Å². The second-order valence-electron chi connectivity index (χ2n) is 3.83. The van der Waals surface area contributed by atoms with Gasteiger partial charge in [-0.25, -0.2) is 4.79 Å². The van der Waals surface area contributed by atoms with E-state index in [9.17, 15) is 9.59 Å². The van der Waals surface area contributed by atoms with Gasteiger partial charge in [-0.1, -0.05) is 6.07 Å². The van der Waals surface area contributed by atoms with Gasteiger partial charge in [0, 0.05) is 11.2 Å². The van der Waals surface area contributed by atoms with Crippen LogP contribution in [-0.4, -0.2) is 17.0 Å². The molecule has 2 rings (SSSR count). The molecule has 4 nitrogen and oxygen atoms in total. The first-order valence-corrected chi connectivity index (χ1v) is 6.33. The normalized spacial score (nSPS) is 10.6. The Morgan fingerprint density at radius 3 is 2.83 bits per heavy atom. The number of nitrogens with zero attached hydrogens (tertiary/aromatic N) is 1. The summed E-state index contributed by atoms with van der Waals surface area (Å²) >= 11 is 3.17. The Hall–Kier alpha value is -1.62. The van der Waals surface area contributed by atoms with Gasteiger partial charge in [0.05, 0.1) is 16.6 Å². The molecule has 0 N–H and O–H groups in total. The molecule has 18 heavy (non-hydrogen) atoms. The lowest BCUT2D eigenvalue weighted by Gasteiger charge is -2.09. The molecule has 0 aliphatic rings. The van der Waals surface area contributed by atoms with Crippen LogP contribution in [0.5, 0.6) is 0 Å². The van der Waals surface area contributed by atoms with Crippen LogP contribution >= 0.6 is 15.9 Å². The molecule has 5 heteroatoms. The topological polar surface area (TPSA) is 47.8 Å². The van der Waals surface area contributed by atoms with Gasteiger partial charge in [-0.15, -0.1) is 0 Å². The summed E-state index contributed by atoms with van der Waals surface area (Å²) < 4.78 is 6.70. The smallest absolute Gasteiger partial charge is 0.339 e.